The van der Waals surface area contributed by atoms with E-state index >= 15 is 0 Å². The third-order valence-electron chi connectivity index (χ3n) is 5.96. The van der Waals surface area contributed by atoms with Crippen LogP contribution in [0.4, 0.5) is 0 Å². The lowest BCUT2D eigenvalue weighted by Gasteiger charge is -2.50. The SMILES string of the molecule is C=C1C2c3ccccc3C(c3ccccc32)[C@@H]1P1(=O)OCC(C)(C)CO1. The lowest BCUT2D eigenvalue weighted by Crippen LogP contribution is -2.41. The summed E-state index contributed by atoms with van der Waals surface area (Å²) in [7, 11) is -3.28. The zero-order chi connectivity index (χ0) is 18.1. The van der Waals surface area contributed by atoms with E-state index in [2.05, 4.69) is 69.0 Å². The summed E-state index contributed by atoms with van der Waals surface area (Å²) in [5.41, 5.74) is 5.58. The third-order valence-corrected chi connectivity index (χ3v) is 8.25. The van der Waals surface area contributed by atoms with Gasteiger partial charge in [0.25, 0.3) is 0 Å². The molecule has 0 radical (unpaired) electrons. The van der Waals surface area contributed by atoms with Gasteiger partial charge in [-0.25, -0.2) is 0 Å². The summed E-state index contributed by atoms with van der Waals surface area (Å²) in [6.45, 7) is 9.45. The maximum absolute atomic E-state index is 13.8. The van der Waals surface area contributed by atoms with E-state index in [0.717, 1.165) is 5.57 Å². The molecule has 3 aliphatic carbocycles. The second-order valence-corrected chi connectivity index (χ2v) is 10.6. The van der Waals surface area contributed by atoms with E-state index in [1.807, 2.05) is 0 Å². The van der Waals surface area contributed by atoms with Crippen LogP contribution in [0.25, 0.3) is 0 Å². The Hall–Kier alpha value is -1.67. The Morgan fingerprint density at radius 1 is 0.923 bits per heavy atom. The van der Waals surface area contributed by atoms with Crippen LogP contribution in [0.1, 0.15) is 47.9 Å². The van der Waals surface area contributed by atoms with Gasteiger partial charge < -0.3 is 9.05 Å². The van der Waals surface area contributed by atoms with Crippen LogP contribution >= 0.6 is 7.60 Å². The number of allylic oxidation sites excluding steroid dienone is 1. The standard InChI is InChI=1S/C22H23O3P/c1-14-19-15-8-4-6-10-17(15)20(18-11-7-5-9-16(18)19)21(14)26(23)24-12-22(2,3)13-25-26/h4-11,19-21H,1,12-13H2,2-3H3/t19?,20?,21-/m1/s1. The molecule has 26 heavy (non-hydrogen) atoms. The largest absolute Gasteiger partial charge is 0.338 e. The Balaban J connectivity index is 1.68. The van der Waals surface area contributed by atoms with Crippen LogP contribution in [0.2, 0.25) is 0 Å². The molecule has 2 aromatic rings. The highest BCUT2D eigenvalue weighted by Crippen LogP contribution is 2.70. The number of hydrogen-bond donors (Lipinski definition) is 0. The van der Waals surface area contributed by atoms with Gasteiger partial charge in [-0.15, -0.1) is 0 Å². The van der Waals surface area contributed by atoms with E-state index in [0.29, 0.717) is 13.2 Å². The van der Waals surface area contributed by atoms with Crippen LogP contribution in [0.5, 0.6) is 0 Å². The molecule has 2 aromatic carbocycles. The molecule has 0 saturated carbocycles. The first-order valence-corrected chi connectivity index (χ1v) is 10.8. The second kappa shape index (κ2) is 5.42. The van der Waals surface area contributed by atoms with Crippen molar-refractivity contribution in [2.24, 2.45) is 5.41 Å². The van der Waals surface area contributed by atoms with Gasteiger partial charge in [-0.05, 0) is 27.8 Å². The van der Waals surface area contributed by atoms with Crippen LogP contribution in [0, 0.1) is 5.41 Å². The van der Waals surface area contributed by atoms with Crippen molar-refractivity contribution in [1.82, 2.24) is 0 Å². The molecular formula is C22H23O3P. The highest BCUT2D eigenvalue weighted by atomic mass is 31.2. The maximum atomic E-state index is 13.8. The van der Waals surface area contributed by atoms with E-state index in [1.165, 1.54) is 22.3 Å². The van der Waals surface area contributed by atoms with Gasteiger partial charge in [0.2, 0.25) is 0 Å². The summed E-state index contributed by atoms with van der Waals surface area (Å²) in [5, 5.41) is 0. The molecule has 1 heterocycles. The molecule has 0 N–H and O–H groups in total. The van der Waals surface area contributed by atoms with Gasteiger partial charge in [-0.1, -0.05) is 69.0 Å². The number of rotatable bonds is 1. The van der Waals surface area contributed by atoms with Crippen LogP contribution in [0.3, 0.4) is 0 Å². The van der Waals surface area contributed by atoms with Crippen LogP contribution < -0.4 is 0 Å². The molecule has 1 atom stereocenters. The molecular weight excluding hydrogens is 343 g/mol. The first kappa shape index (κ1) is 16.5. The smallest absolute Gasteiger partial charge is 0.307 e. The molecule has 134 valence electrons. The Labute approximate surface area is 154 Å². The predicted molar refractivity (Wildman–Crippen MR) is 103 cm³/mol. The van der Waals surface area contributed by atoms with E-state index in [4.69, 9.17) is 9.05 Å². The molecule has 3 nitrogen and oxygen atoms in total. The van der Waals surface area contributed by atoms with Gasteiger partial charge in [-0.3, -0.25) is 4.57 Å². The predicted octanol–water partition coefficient (Wildman–Crippen LogP) is 5.47. The summed E-state index contributed by atoms with van der Waals surface area (Å²) in [4.78, 5) is 0. The normalized spacial score (nSPS) is 30.5. The molecule has 0 spiro atoms. The average molecular weight is 366 g/mol. The molecule has 1 aliphatic heterocycles. The highest BCUT2D eigenvalue weighted by Gasteiger charge is 2.55. The van der Waals surface area contributed by atoms with E-state index in [-0.39, 0.29) is 22.9 Å². The van der Waals surface area contributed by atoms with Crippen molar-refractivity contribution < 1.29 is 13.6 Å². The first-order chi connectivity index (χ1) is 12.4. The lowest BCUT2D eigenvalue weighted by molar-refractivity contribution is 0.0381. The molecule has 4 heteroatoms. The van der Waals surface area contributed by atoms with E-state index < -0.39 is 7.60 Å². The first-order valence-electron chi connectivity index (χ1n) is 9.16. The monoisotopic (exact) mass is 366 g/mol. The average Bonchev–Trinajstić information content (AvgIpc) is 2.64. The van der Waals surface area contributed by atoms with Gasteiger partial charge in [0, 0.05) is 17.3 Å². The number of benzene rings is 2. The minimum atomic E-state index is -3.28. The van der Waals surface area contributed by atoms with Crippen LogP contribution in [-0.2, 0) is 13.6 Å². The summed E-state index contributed by atoms with van der Waals surface area (Å²) >= 11 is 0. The molecule has 4 aliphatic rings. The quantitative estimate of drug-likeness (QED) is 0.496. The Morgan fingerprint density at radius 2 is 1.38 bits per heavy atom. The van der Waals surface area contributed by atoms with Gasteiger partial charge in [0.1, 0.15) is 0 Å². The maximum Gasteiger partial charge on any atom is 0.338 e. The molecule has 0 aromatic heterocycles. The molecule has 0 unspecified atom stereocenters. The van der Waals surface area contributed by atoms with Crippen molar-refractivity contribution in [3.05, 3.63) is 82.9 Å². The highest BCUT2D eigenvalue weighted by molar-refractivity contribution is 7.55. The molecule has 2 bridgehead atoms. The molecule has 1 saturated heterocycles. The Bertz CT molecular complexity index is 900. The summed E-state index contributed by atoms with van der Waals surface area (Å²) in [6, 6.07) is 16.9. The minimum Gasteiger partial charge on any atom is -0.307 e. The molecule has 0 amide bonds. The van der Waals surface area contributed by atoms with E-state index in [9.17, 15) is 4.57 Å². The molecule has 1 fully saturated rings. The van der Waals surface area contributed by atoms with Crippen molar-refractivity contribution in [2.45, 2.75) is 31.3 Å². The summed E-state index contributed by atoms with van der Waals surface area (Å²) in [6.07, 6.45) is 0. The number of fused-ring (bicyclic) bond motifs is 1. The zero-order valence-corrected chi connectivity index (χ0v) is 16.0. The lowest BCUT2D eigenvalue weighted by atomic mass is 9.62. The fourth-order valence-electron chi connectivity index (χ4n) is 4.73. The van der Waals surface area contributed by atoms with Crippen molar-refractivity contribution in [3.8, 4) is 0 Å². The van der Waals surface area contributed by atoms with Crippen molar-refractivity contribution >= 4 is 7.60 Å². The number of hydrogen-bond acceptors (Lipinski definition) is 3. The van der Waals surface area contributed by atoms with Crippen LogP contribution in [-0.4, -0.2) is 18.9 Å². The van der Waals surface area contributed by atoms with Crippen LogP contribution in [0.15, 0.2) is 60.7 Å². The minimum absolute atomic E-state index is 0.0213. The van der Waals surface area contributed by atoms with Crippen molar-refractivity contribution in [2.75, 3.05) is 13.2 Å². The summed E-state index contributed by atoms with van der Waals surface area (Å²) in [5.74, 6) is 0.0392. The topological polar surface area (TPSA) is 35.5 Å². The molecule has 6 rings (SSSR count). The summed E-state index contributed by atoms with van der Waals surface area (Å²) < 4.78 is 25.7. The van der Waals surface area contributed by atoms with Gasteiger partial charge in [0.05, 0.1) is 18.9 Å². The Morgan fingerprint density at radius 3 is 1.88 bits per heavy atom. The zero-order valence-electron chi connectivity index (χ0n) is 15.1. The van der Waals surface area contributed by atoms with Gasteiger partial charge >= 0.3 is 7.60 Å². The van der Waals surface area contributed by atoms with Crippen molar-refractivity contribution in [3.63, 3.8) is 0 Å². The third kappa shape index (κ3) is 2.18. The van der Waals surface area contributed by atoms with E-state index in [1.54, 1.807) is 0 Å². The Kier molecular flexibility index (Phi) is 3.44. The fraction of sp³-hybridized carbons (Fsp3) is 0.364. The fourth-order valence-corrected chi connectivity index (χ4v) is 7.42. The van der Waals surface area contributed by atoms with Gasteiger partial charge in [-0.2, -0.15) is 0 Å². The van der Waals surface area contributed by atoms with Gasteiger partial charge in [0.15, 0.2) is 0 Å². The second-order valence-electron chi connectivity index (χ2n) is 8.44. The van der Waals surface area contributed by atoms with Crippen molar-refractivity contribution in [1.29, 1.82) is 0 Å².